The summed E-state index contributed by atoms with van der Waals surface area (Å²) in [6.45, 7) is 5.70. The Labute approximate surface area is 153 Å². The fourth-order valence-corrected chi connectivity index (χ4v) is 3.14. The molecule has 1 fully saturated rings. The summed E-state index contributed by atoms with van der Waals surface area (Å²) in [6, 6.07) is 3.52. The summed E-state index contributed by atoms with van der Waals surface area (Å²) in [7, 11) is 1.65. The van der Waals surface area contributed by atoms with Crippen LogP contribution < -0.4 is 4.74 Å². The summed E-state index contributed by atoms with van der Waals surface area (Å²) in [4.78, 5) is 25.3. The van der Waals surface area contributed by atoms with Crippen LogP contribution in [0.1, 0.15) is 34.3 Å². The van der Waals surface area contributed by atoms with E-state index in [1.165, 1.54) is 0 Å². The molecule has 1 saturated heterocycles. The predicted octanol–water partition coefficient (Wildman–Crippen LogP) is 2.03. The Kier molecular flexibility index (Phi) is 7.41. The number of benzene rings is 1. The second-order valence-electron chi connectivity index (χ2n) is 6.48. The van der Waals surface area contributed by atoms with Crippen LogP contribution in [0.2, 0.25) is 0 Å². The molecule has 1 aliphatic rings. The van der Waals surface area contributed by atoms with E-state index < -0.39 is 12.6 Å². The van der Waals surface area contributed by atoms with Gasteiger partial charge >= 0.3 is 5.97 Å². The zero-order valence-electron chi connectivity index (χ0n) is 15.6. The standard InChI is InChI=1S/C19H27NO6/c1-13-10-15(11-14(2)18(13)26-12-17(21)22)19(23)20-6-4-16(5-7-20)25-9-8-24-3/h10-11,16H,4-9,12H2,1-3H3,(H,21,22). The molecular formula is C19H27NO6. The van der Waals surface area contributed by atoms with Crippen LogP contribution in [-0.2, 0) is 14.3 Å². The maximum Gasteiger partial charge on any atom is 0.341 e. The first kappa shape index (κ1) is 20.2. The third-order valence-electron chi connectivity index (χ3n) is 4.42. The van der Waals surface area contributed by atoms with Gasteiger partial charge in [0.25, 0.3) is 5.91 Å². The molecule has 26 heavy (non-hydrogen) atoms. The number of carbonyl (C=O) groups is 2. The van der Waals surface area contributed by atoms with Gasteiger partial charge in [-0.3, -0.25) is 4.79 Å². The van der Waals surface area contributed by atoms with Crippen LogP contribution in [0.15, 0.2) is 12.1 Å². The molecule has 1 aliphatic heterocycles. The maximum atomic E-state index is 12.8. The average molecular weight is 365 g/mol. The van der Waals surface area contributed by atoms with Crippen molar-refractivity contribution in [3.8, 4) is 5.75 Å². The molecule has 1 aromatic carbocycles. The summed E-state index contributed by atoms with van der Waals surface area (Å²) >= 11 is 0. The van der Waals surface area contributed by atoms with Gasteiger partial charge in [0.15, 0.2) is 6.61 Å². The first-order chi connectivity index (χ1) is 12.4. The van der Waals surface area contributed by atoms with Crippen molar-refractivity contribution in [1.82, 2.24) is 4.90 Å². The van der Waals surface area contributed by atoms with Crippen molar-refractivity contribution < 1.29 is 28.9 Å². The van der Waals surface area contributed by atoms with Crippen molar-refractivity contribution in [3.05, 3.63) is 28.8 Å². The molecule has 144 valence electrons. The molecule has 1 N–H and O–H groups in total. The third-order valence-corrected chi connectivity index (χ3v) is 4.42. The van der Waals surface area contributed by atoms with E-state index in [0.717, 1.165) is 24.0 Å². The number of amides is 1. The van der Waals surface area contributed by atoms with Gasteiger partial charge in [-0.15, -0.1) is 0 Å². The Morgan fingerprint density at radius 3 is 2.31 bits per heavy atom. The molecule has 7 heteroatoms. The quantitative estimate of drug-likeness (QED) is 0.710. The van der Waals surface area contributed by atoms with Gasteiger partial charge in [0.05, 0.1) is 19.3 Å². The molecule has 0 radical (unpaired) electrons. The molecule has 0 spiro atoms. The summed E-state index contributed by atoms with van der Waals surface area (Å²) in [5, 5.41) is 8.76. The summed E-state index contributed by atoms with van der Waals surface area (Å²) in [5.41, 5.74) is 2.11. The molecule has 0 saturated carbocycles. The van der Waals surface area contributed by atoms with Gasteiger partial charge in [0, 0.05) is 25.8 Å². The van der Waals surface area contributed by atoms with Crippen LogP contribution in [0, 0.1) is 13.8 Å². The van der Waals surface area contributed by atoms with Crippen LogP contribution >= 0.6 is 0 Å². The lowest BCUT2D eigenvalue weighted by Crippen LogP contribution is -2.41. The molecule has 0 atom stereocenters. The van der Waals surface area contributed by atoms with Crippen molar-refractivity contribution in [1.29, 1.82) is 0 Å². The molecular weight excluding hydrogens is 338 g/mol. The highest BCUT2D eigenvalue weighted by Gasteiger charge is 2.25. The number of carboxylic acids is 1. The summed E-state index contributed by atoms with van der Waals surface area (Å²) in [6.07, 6.45) is 1.80. The van der Waals surface area contributed by atoms with E-state index in [1.807, 2.05) is 18.7 Å². The maximum absolute atomic E-state index is 12.8. The second kappa shape index (κ2) is 9.54. The topological polar surface area (TPSA) is 85.3 Å². The Balaban J connectivity index is 1.96. The lowest BCUT2D eigenvalue weighted by Gasteiger charge is -2.32. The average Bonchev–Trinajstić information content (AvgIpc) is 2.61. The Bertz CT molecular complexity index is 614. The lowest BCUT2D eigenvalue weighted by atomic mass is 10.0. The van der Waals surface area contributed by atoms with Gasteiger partial charge in [-0.1, -0.05) is 0 Å². The van der Waals surface area contributed by atoms with Crippen LogP contribution in [0.25, 0.3) is 0 Å². The first-order valence-electron chi connectivity index (χ1n) is 8.78. The number of piperidine rings is 1. The summed E-state index contributed by atoms with van der Waals surface area (Å²) < 4.78 is 16.0. The number of methoxy groups -OCH3 is 1. The molecule has 0 aliphatic carbocycles. The number of hydrogen-bond acceptors (Lipinski definition) is 5. The van der Waals surface area contributed by atoms with E-state index in [9.17, 15) is 9.59 Å². The van der Waals surface area contributed by atoms with Crippen LogP contribution in [0.3, 0.4) is 0 Å². The van der Waals surface area contributed by atoms with Crippen LogP contribution in [-0.4, -0.2) is 68.0 Å². The molecule has 0 unspecified atom stereocenters. The normalized spacial score (nSPS) is 15.1. The van der Waals surface area contributed by atoms with Gasteiger partial charge in [0.2, 0.25) is 0 Å². The van der Waals surface area contributed by atoms with Gasteiger partial charge < -0.3 is 24.2 Å². The lowest BCUT2D eigenvalue weighted by molar-refractivity contribution is -0.139. The Hall–Kier alpha value is -2.12. The molecule has 0 bridgehead atoms. The molecule has 2 rings (SSSR count). The second-order valence-corrected chi connectivity index (χ2v) is 6.48. The predicted molar refractivity (Wildman–Crippen MR) is 95.8 cm³/mol. The van der Waals surface area contributed by atoms with Crippen molar-refractivity contribution in [2.24, 2.45) is 0 Å². The van der Waals surface area contributed by atoms with E-state index in [0.29, 0.717) is 37.6 Å². The number of carbonyl (C=O) groups excluding carboxylic acids is 1. The van der Waals surface area contributed by atoms with E-state index in [2.05, 4.69) is 0 Å². The van der Waals surface area contributed by atoms with E-state index in [4.69, 9.17) is 19.3 Å². The number of nitrogens with zero attached hydrogens (tertiary/aromatic N) is 1. The van der Waals surface area contributed by atoms with Crippen LogP contribution in [0.4, 0.5) is 0 Å². The monoisotopic (exact) mass is 365 g/mol. The minimum absolute atomic E-state index is 0.0173. The molecule has 1 aromatic rings. The highest BCUT2D eigenvalue weighted by Crippen LogP contribution is 2.26. The zero-order valence-corrected chi connectivity index (χ0v) is 15.6. The number of ether oxygens (including phenoxy) is 3. The van der Waals surface area contributed by atoms with E-state index in [1.54, 1.807) is 19.2 Å². The molecule has 1 heterocycles. The molecule has 1 amide bonds. The Morgan fingerprint density at radius 2 is 1.77 bits per heavy atom. The Morgan fingerprint density at radius 1 is 1.15 bits per heavy atom. The third kappa shape index (κ3) is 5.44. The highest BCUT2D eigenvalue weighted by atomic mass is 16.5. The largest absolute Gasteiger partial charge is 0.481 e. The fraction of sp³-hybridized carbons (Fsp3) is 0.579. The number of likely N-dealkylation sites (tertiary alicyclic amines) is 1. The number of hydrogen-bond donors (Lipinski definition) is 1. The van der Waals surface area contributed by atoms with Crippen molar-refractivity contribution in [2.45, 2.75) is 32.8 Å². The van der Waals surface area contributed by atoms with E-state index >= 15 is 0 Å². The first-order valence-corrected chi connectivity index (χ1v) is 8.78. The number of rotatable bonds is 8. The number of aryl methyl sites for hydroxylation is 2. The van der Waals surface area contributed by atoms with Gasteiger partial charge in [-0.05, 0) is 49.9 Å². The number of carboxylic acid groups (broad SMARTS) is 1. The van der Waals surface area contributed by atoms with E-state index in [-0.39, 0.29) is 12.0 Å². The number of aliphatic carboxylic acids is 1. The minimum atomic E-state index is -1.03. The zero-order chi connectivity index (χ0) is 19.1. The van der Waals surface area contributed by atoms with Crippen molar-refractivity contribution >= 4 is 11.9 Å². The smallest absolute Gasteiger partial charge is 0.341 e. The minimum Gasteiger partial charge on any atom is -0.481 e. The van der Waals surface area contributed by atoms with Crippen molar-refractivity contribution in [3.63, 3.8) is 0 Å². The molecule has 7 nitrogen and oxygen atoms in total. The SMILES string of the molecule is COCCOC1CCN(C(=O)c2cc(C)c(OCC(=O)O)c(C)c2)CC1. The van der Waals surface area contributed by atoms with Gasteiger partial charge in [-0.2, -0.15) is 0 Å². The summed E-state index contributed by atoms with van der Waals surface area (Å²) in [5.74, 6) is -0.523. The van der Waals surface area contributed by atoms with Gasteiger partial charge in [-0.25, -0.2) is 4.79 Å². The molecule has 0 aromatic heterocycles. The van der Waals surface area contributed by atoms with Gasteiger partial charge in [0.1, 0.15) is 5.75 Å². The fourth-order valence-electron chi connectivity index (χ4n) is 3.14. The van der Waals surface area contributed by atoms with Crippen molar-refractivity contribution in [2.75, 3.05) is 40.0 Å². The van der Waals surface area contributed by atoms with Crippen LogP contribution in [0.5, 0.6) is 5.75 Å². The highest BCUT2D eigenvalue weighted by molar-refractivity contribution is 5.95.